The van der Waals surface area contributed by atoms with E-state index in [9.17, 15) is 4.79 Å². The Balaban J connectivity index is 1.73. The number of hydrogen-bond donors (Lipinski definition) is 2. The van der Waals surface area contributed by atoms with Crippen molar-refractivity contribution in [1.29, 1.82) is 0 Å². The van der Waals surface area contributed by atoms with Gasteiger partial charge in [-0.1, -0.05) is 6.07 Å². The Hall–Kier alpha value is -2.60. The van der Waals surface area contributed by atoms with E-state index in [1.807, 2.05) is 48.0 Å². The summed E-state index contributed by atoms with van der Waals surface area (Å²) >= 11 is 1.52. The van der Waals surface area contributed by atoms with E-state index in [0.717, 1.165) is 21.9 Å². The number of nitrogens with one attached hydrogen (secondary N) is 1. The van der Waals surface area contributed by atoms with Crippen LogP contribution in [-0.2, 0) is 6.54 Å². The molecular weight excluding hydrogens is 296 g/mol. The molecule has 5 nitrogen and oxygen atoms in total. The molecule has 0 atom stereocenters. The number of aromatic nitrogens is 2. The fourth-order valence-corrected chi connectivity index (χ4v) is 2.99. The van der Waals surface area contributed by atoms with E-state index < -0.39 is 5.91 Å². The van der Waals surface area contributed by atoms with Crippen LogP contribution in [0.3, 0.4) is 0 Å². The highest BCUT2D eigenvalue weighted by Gasteiger charge is 2.05. The molecule has 0 unspecified atom stereocenters. The van der Waals surface area contributed by atoms with Gasteiger partial charge in [0.25, 0.3) is 0 Å². The first kappa shape index (κ1) is 14.3. The molecule has 0 fully saturated rings. The lowest BCUT2D eigenvalue weighted by Gasteiger charge is -2.09. The molecule has 0 saturated heterocycles. The molecule has 0 saturated carbocycles. The van der Waals surface area contributed by atoms with Gasteiger partial charge in [0.15, 0.2) is 0 Å². The molecule has 22 heavy (non-hydrogen) atoms. The summed E-state index contributed by atoms with van der Waals surface area (Å²) in [5.41, 5.74) is 8.91. The average Bonchev–Trinajstić information content (AvgIpc) is 3.14. The quantitative estimate of drug-likeness (QED) is 0.761. The number of anilines is 1. The first-order valence-electron chi connectivity index (χ1n) is 6.85. The molecule has 2 aromatic heterocycles. The van der Waals surface area contributed by atoms with Crippen LogP contribution in [0.2, 0.25) is 0 Å². The number of hydrogen-bond acceptors (Lipinski definition) is 4. The number of nitrogens with zero attached hydrogens (tertiary/aromatic N) is 2. The van der Waals surface area contributed by atoms with Crippen LogP contribution < -0.4 is 11.1 Å². The number of rotatable bonds is 5. The van der Waals surface area contributed by atoms with Gasteiger partial charge < -0.3 is 11.1 Å². The summed E-state index contributed by atoms with van der Waals surface area (Å²) in [6.45, 7) is 2.67. The first-order valence-corrected chi connectivity index (χ1v) is 7.73. The van der Waals surface area contributed by atoms with Gasteiger partial charge in [-0.05, 0) is 37.3 Å². The summed E-state index contributed by atoms with van der Waals surface area (Å²) in [4.78, 5) is 12.2. The van der Waals surface area contributed by atoms with Crippen LogP contribution in [0.15, 0.2) is 48.0 Å². The molecule has 0 aliphatic carbocycles. The van der Waals surface area contributed by atoms with E-state index in [0.29, 0.717) is 12.1 Å². The molecular formula is C16H16N4OS. The van der Waals surface area contributed by atoms with Crippen LogP contribution in [0.1, 0.15) is 20.9 Å². The van der Waals surface area contributed by atoms with E-state index in [1.54, 1.807) is 11.6 Å². The smallest absolute Gasteiger partial charge is 0.249 e. The molecule has 1 aromatic carbocycles. The van der Waals surface area contributed by atoms with Crippen LogP contribution >= 0.6 is 11.3 Å². The van der Waals surface area contributed by atoms with Crippen molar-refractivity contribution in [3.05, 3.63) is 64.1 Å². The van der Waals surface area contributed by atoms with Crippen LogP contribution in [0.5, 0.6) is 0 Å². The Morgan fingerprint density at radius 2 is 2.23 bits per heavy atom. The largest absolute Gasteiger partial charge is 0.380 e. The average molecular weight is 312 g/mol. The lowest BCUT2D eigenvalue weighted by Crippen LogP contribution is -2.09. The Bertz CT molecular complexity index is 806. The number of carbonyl (C=O) groups excluding carboxylic acids is 1. The van der Waals surface area contributed by atoms with Gasteiger partial charge in [-0.3, -0.25) is 4.79 Å². The second kappa shape index (κ2) is 6.03. The summed E-state index contributed by atoms with van der Waals surface area (Å²) in [6.07, 6.45) is 1.78. The van der Waals surface area contributed by atoms with Gasteiger partial charge in [0, 0.05) is 34.4 Å². The Morgan fingerprint density at radius 1 is 1.36 bits per heavy atom. The fourth-order valence-electron chi connectivity index (χ4n) is 2.18. The highest BCUT2D eigenvalue weighted by molar-refractivity contribution is 7.10. The van der Waals surface area contributed by atoms with Gasteiger partial charge >= 0.3 is 0 Å². The van der Waals surface area contributed by atoms with Gasteiger partial charge in [0.1, 0.15) is 0 Å². The number of amides is 1. The maximum atomic E-state index is 11.1. The molecule has 0 aliphatic heterocycles. The van der Waals surface area contributed by atoms with Crippen molar-refractivity contribution in [2.75, 3.05) is 5.32 Å². The number of nitrogens with two attached hydrogens (primary N) is 1. The molecule has 0 bridgehead atoms. The Morgan fingerprint density at radius 3 is 2.91 bits per heavy atom. The van der Waals surface area contributed by atoms with E-state index in [4.69, 9.17) is 5.73 Å². The third-order valence-electron chi connectivity index (χ3n) is 3.33. The normalized spacial score (nSPS) is 10.6. The standard InChI is InChI=1S/C16H16N4OS/c1-11-5-6-19-20(11)14-4-2-3-13(8-14)18-9-15-7-12(10-22-15)16(17)21/h2-8,10,18H,9H2,1H3,(H2,17,21). The van der Waals surface area contributed by atoms with Crippen LogP contribution in [0.4, 0.5) is 5.69 Å². The second-order valence-electron chi connectivity index (χ2n) is 4.95. The zero-order valence-electron chi connectivity index (χ0n) is 12.1. The maximum absolute atomic E-state index is 11.1. The third kappa shape index (κ3) is 3.01. The number of carbonyl (C=O) groups is 1. The van der Waals surface area contributed by atoms with Crippen molar-refractivity contribution < 1.29 is 4.79 Å². The van der Waals surface area contributed by atoms with Crippen LogP contribution in [0.25, 0.3) is 5.69 Å². The van der Waals surface area contributed by atoms with Crippen LogP contribution in [0, 0.1) is 6.92 Å². The third-order valence-corrected chi connectivity index (χ3v) is 4.26. The van der Waals surface area contributed by atoms with Crippen molar-refractivity contribution in [3.63, 3.8) is 0 Å². The minimum absolute atomic E-state index is 0.390. The molecule has 1 amide bonds. The van der Waals surface area contributed by atoms with E-state index in [-0.39, 0.29) is 0 Å². The first-order chi connectivity index (χ1) is 10.6. The summed E-state index contributed by atoms with van der Waals surface area (Å²) < 4.78 is 1.89. The molecule has 3 rings (SSSR count). The minimum atomic E-state index is -0.390. The van der Waals surface area contributed by atoms with Crippen molar-refractivity contribution >= 4 is 22.9 Å². The Labute approximate surface area is 132 Å². The number of thiophene rings is 1. The topological polar surface area (TPSA) is 72.9 Å². The fraction of sp³-hybridized carbons (Fsp3) is 0.125. The lowest BCUT2D eigenvalue weighted by molar-refractivity contribution is 0.100. The zero-order chi connectivity index (χ0) is 15.5. The zero-order valence-corrected chi connectivity index (χ0v) is 12.9. The van der Waals surface area contributed by atoms with Gasteiger partial charge in [-0.2, -0.15) is 5.10 Å². The van der Waals surface area contributed by atoms with Gasteiger partial charge in [-0.25, -0.2) is 4.68 Å². The van der Waals surface area contributed by atoms with Crippen molar-refractivity contribution in [2.45, 2.75) is 13.5 Å². The summed E-state index contributed by atoms with van der Waals surface area (Å²) in [6, 6.07) is 11.8. The molecule has 112 valence electrons. The number of aryl methyl sites for hydroxylation is 1. The SMILES string of the molecule is Cc1ccnn1-c1cccc(NCc2cc(C(N)=O)cs2)c1. The lowest BCUT2D eigenvalue weighted by atomic mass is 10.2. The maximum Gasteiger partial charge on any atom is 0.249 e. The number of benzene rings is 1. The van der Waals surface area contributed by atoms with E-state index >= 15 is 0 Å². The van der Waals surface area contributed by atoms with Gasteiger partial charge in [-0.15, -0.1) is 11.3 Å². The molecule has 0 spiro atoms. The van der Waals surface area contributed by atoms with Gasteiger partial charge in [0.05, 0.1) is 11.3 Å². The van der Waals surface area contributed by atoms with Crippen molar-refractivity contribution in [2.24, 2.45) is 5.73 Å². The van der Waals surface area contributed by atoms with Crippen molar-refractivity contribution in [1.82, 2.24) is 9.78 Å². The summed E-state index contributed by atoms with van der Waals surface area (Å²) in [7, 11) is 0. The van der Waals surface area contributed by atoms with Crippen molar-refractivity contribution in [3.8, 4) is 5.69 Å². The highest BCUT2D eigenvalue weighted by Crippen LogP contribution is 2.19. The molecule has 3 aromatic rings. The monoisotopic (exact) mass is 312 g/mol. The summed E-state index contributed by atoms with van der Waals surface area (Å²) in [5.74, 6) is -0.390. The van der Waals surface area contributed by atoms with E-state index in [1.165, 1.54) is 11.3 Å². The van der Waals surface area contributed by atoms with Crippen LogP contribution in [-0.4, -0.2) is 15.7 Å². The highest BCUT2D eigenvalue weighted by atomic mass is 32.1. The Kier molecular flexibility index (Phi) is 3.93. The van der Waals surface area contributed by atoms with Gasteiger partial charge in [0.2, 0.25) is 5.91 Å². The summed E-state index contributed by atoms with van der Waals surface area (Å²) in [5, 5.41) is 9.44. The predicted molar refractivity (Wildman–Crippen MR) is 88.5 cm³/mol. The molecule has 6 heteroatoms. The number of primary amides is 1. The predicted octanol–water partition coefficient (Wildman–Crippen LogP) is 2.95. The molecule has 0 aliphatic rings. The molecule has 3 N–H and O–H groups in total. The minimum Gasteiger partial charge on any atom is -0.380 e. The van der Waals surface area contributed by atoms with E-state index in [2.05, 4.69) is 10.4 Å². The second-order valence-corrected chi connectivity index (χ2v) is 5.95. The molecule has 2 heterocycles. The molecule has 0 radical (unpaired) electrons.